The number of nitrogens with zero attached hydrogens (tertiary/aromatic N) is 1. The van der Waals surface area contributed by atoms with Gasteiger partial charge < -0.3 is 27.2 Å². The third kappa shape index (κ3) is 33.0. The molecule has 37 heavy (non-hydrogen) atoms. The first kappa shape index (κ1) is 44.9. The fourth-order valence-electron chi connectivity index (χ4n) is 5.58. The van der Waals surface area contributed by atoms with Crippen LogP contribution in [0.2, 0.25) is 0 Å². The van der Waals surface area contributed by atoms with Gasteiger partial charge in [-0.3, -0.25) is 0 Å². The second-order valence-electron chi connectivity index (χ2n) is 11.3. The molecule has 0 saturated heterocycles. The molecule has 0 aromatic heterocycles. The van der Waals surface area contributed by atoms with Gasteiger partial charge in [-0.1, -0.05) is 130 Å². The van der Waals surface area contributed by atoms with E-state index in [-0.39, 0.29) is 34.0 Å². The quantitative estimate of drug-likeness (QED) is 0.0664. The van der Waals surface area contributed by atoms with Gasteiger partial charge in [0, 0.05) is 0 Å². The highest BCUT2D eigenvalue weighted by molar-refractivity contribution is 8.93. The minimum absolute atomic E-state index is 0. The van der Waals surface area contributed by atoms with Crippen molar-refractivity contribution in [3.05, 3.63) is 0 Å². The maximum atomic E-state index is 4.50. The highest BCUT2D eigenvalue weighted by Gasteiger charge is 2.25. The van der Waals surface area contributed by atoms with Crippen molar-refractivity contribution in [3.63, 3.8) is 0 Å². The highest BCUT2D eigenvalue weighted by atomic mass is 79.9. The summed E-state index contributed by atoms with van der Waals surface area (Å²) in [5, 5.41) is 0. The SMILES string of the molecule is Br.CCCCCCCC[N+](CCCCCCCC)(CCCCCCCC)CCCCCCCC.CN.[Br-]. The van der Waals surface area contributed by atoms with Gasteiger partial charge in [0.05, 0.1) is 26.2 Å². The topological polar surface area (TPSA) is 26.0 Å². The lowest BCUT2D eigenvalue weighted by Crippen LogP contribution is -3.00. The average Bonchev–Trinajstić information content (AvgIpc) is 2.88. The molecule has 0 fully saturated rings. The monoisotopic (exact) mass is 656 g/mol. The van der Waals surface area contributed by atoms with Gasteiger partial charge in [0.2, 0.25) is 0 Å². The predicted octanol–water partition coefficient (Wildman–Crippen LogP) is 8.40. The Hall–Kier alpha value is 0.880. The Kier molecular flexibility index (Phi) is 47.3. The molecule has 0 radical (unpaired) electrons. The van der Waals surface area contributed by atoms with Crippen molar-refractivity contribution in [2.75, 3.05) is 33.2 Å². The molecule has 0 aromatic carbocycles. The third-order valence-electron chi connectivity index (χ3n) is 7.94. The average molecular weight is 659 g/mol. The molecule has 0 unspecified atom stereocenters. The van der Waals surface area contributed by atoms with Crippen LogP contribution in [0.4, 0.5) is 0 Å². The zero-order valence-corrected chi connectivity index (χ0v) is 29.9. The fourth-order valence-corrected chi connectivity index (χ4v) is 5.58. The number of halogens is 2. The summed E-state index contributed by atoms with van der Waals surface area (Å²) in [6.45, 7) is 15.3. The van der Waals surface area contributed by atoms with Gasteiger partial charge in [0.25, 0.3) is 0 Å². The second-order valence-corrected chi connectivity index (χ2v) is 11.3. The maximum absolute atomic E-state index is 4.50. The van der Waals surface area contributed by atoms with E-state index in [1.807, 2.05) is 0 Å². The fraction of sp³-hybridized carbons (Fsp3) is 1.00. The lowest BCUT2D eigenvalue weighted by Gasteiger charge is -2.40. The Balaban J connectivity index is -0.00000132. The molecule has 0 aromatic rings. The molecular formula is C33H74Br2N2. The Morgan fingerprint density at radius 3 is 0.676 bits per heavy atom. The normalized spacial score (nSPS) is 10.9. The first-order valence-electron chi connectivity index (χ1n) is 16.7. The Morgan fingerprint density at radius 1 is 0.324 bits per heavy atom. The van der Waals surface area contributed by atoms with E-state index in [0.717, 1.165) is 0 Å². The number of unbranched alkanes of at least 4 members (excludes halogenated alkanes) is 20. The largest absolute Gasteiger partial charge is 1.00 e. The molecule has 0 spiro atoms. The van der Waals surface area contributed by atoms with Crippen molar-refractivity contribution in [2.45, 2.75) is 182 Å². The van der Waals surface area contributed by atoms with Crippen LogP contribution < -0.4 is 22.7 Å². The molecule has 2 nitrogen and oxygen atoms in total. The minimum Gasteiger partial charge on any atom is -1.00 e. The van der Waals surface area contributed by atoms with E-state index >= 15 is 0 Å². The van der Waals surface area contributed by atoms with E-state index < -0.39 is 0 Å². The van der Waals surface area contributed by atoms with Crippen molar-refractivity contribution < 1.29 is 21.5 Å². The van der Waals surface area contributed by atoms with Crippen LogP contribution in [0, 0.1) is 0 Å². The summed E-state index contributed by atoms with van der Waals surface area (Å²) in [5.74, 6) is 0. The summed E-state index contributed by atoms with van der Waals surface area (Å²) in [4.78, 5) is 0. The molecule has 0 rings (SSSR count). The summed E-state index contributed by atoms with van der Waals surface area (Å²) in [5.41, 5.74) is 4.50. The van der Waals surface area contributed by atoms with Gasteiger partial charge in [-0.05, 0) is 58.4 Å². The van der Waals surface area contributed by atoms with E-state index in [1.54, 1.807) is 0 Å². The minimum atomic E-state index is 0. The zero-order chi connectivity index (χ0) is 26.3. The van der Waals surface area contributed by atoms with Crippen LogP contribution in [0.3, 0.4) is 0 Å². The molecule has 230 valence electrons. The van der Waals surface area contributed by atoms with Crippen LogP contribution in [0.1, 0.15) is 182 Å². The van der Waals surface area contributed by atoms with Crippen LogP contribution in [0.15, 0.2) is 0 Å². The molecular weight excluding hydrogens is 584 g/mol. The summed E-state index contributed by atoms with van der Waals surface area (Å²) in [6, 6.07) is 0. The van der Waals surface area contributed by atoms with E-state index in [0.29, 0.717) is 0 Å². The Morgan fingerprint density at radius 2 is 0.486 bits per heavy atom. The van der Waals surface area contributed by atoms with Crippen LogP contribution in [0.5, 0.6) is 0 Å². The van der Waals surface area contributed by atoms with E-state index in [2.05, 4.69) is 33.4 Å². The summed E-state index contributed by atoms with van der Waals surface area (Å²) >= 11 is 0. The second kappa shape index (κ2) is 39.0. The molecule has 0 heterocycles. The first-order valence-corrected chi connectivity index (χ1v) is 16.7. The van der Waals surface area contributed by atoms with Crippen LogP contribution >= 0.6 is 17.0 Å². The first-order chi connectivity index (χ1) is 17.2. The van der Waals surface area contributed by atoms with Crippen LogP contribution in [0.25, 0.3) is 0 Å². The smallest absolute Gasteiger partial charge is 0.0786 e. The Bertz CT molecular complexity index is 297. The van der Waals surface area contributed by atoms with Crippen molar-refractivity contribution in [3.8, 4) is 0 Å². The van der Waals surface area contributed by atoms with Crippen molar-refractivity contribution in [1.82, 2.24) is 0 Å². The molecule has 0 aliphatic heterocycles. The lowest BCUT2D eigenvalue weighted by atomic mass is 10.0. The van der Waals surface area contributed by atoms with Crippen LogP contribution in [-0.4, -0.2) is 37.7 Å². The third-order valence-corrected chi connectivity index (χ3v) is 7.94. The summed E-state index contributed by atoms with van der Waals surface area (Å²) in [7, 11) is 1.50. The number of quaternary nitrogens is 1. The van der Waals surface area contributed by atoms with Crippen molar-refractivity contribution in [2.24, 2.45) is 5.73 Å². The predicted molar refractivity (Wildman–Crippen MR) is 174 cm³/mol. The number of rotatable bonds is 28. The van der Waals surface area contributed by atoms with Crippen molar-refractivity contribution in [1.29, 1.82) is 0 Å². The van der Waals surface area contributed by atoms with E-state index in [1.165, 1.54) is 192 Å². The maximum Gasteiger partial charge on any atom is 0.0786 e. The number of nitrogens with two attached hydrogens (primary N) is 1. The van der Waals surface area contributed by atoms with Gasteiger partial charge in [-0.25, -0.2) is 0 Å². The lowest BCUT2D eigenvalue weighted by molar-refractivity contribution is -0.929. The molecule has 0 aliphatic rings. The van der Waals surface area contributed by atoms with Gasteiger partial charge >= 0.3 is 0 Å². The van der Waals surface area contributed by atoms with E-state index in [4.69, 9.17) is 0 Å². The molecule has 4 heteroatoms. The molecule has 2 N–H and O–H groups in total. The summed E-state index contributed by atoms with van der Waals surface area (Å²) in [6.07, 6.45) is 34.8. The molecule has 0 amide bonds. The van der Waals surface area contributed by atoms with Crippen LogP contribution in [-0.2, 0) is 0 Å². The zero-order valence-electron chi connectivity index (χ0n) is 26.6. The standard InChI is InChI=1S/C32H68N.CH5N.2BrH/c1-5-9-13-17-21-25-29-33(30-26-22-18-14-10-6-2,31-27-23-19-15-11-7-3)32-28-24-20-16-12-8-4;1-2;;/h5-32H2,1-4H3;2H2,1H3;2*1H/q+1;;;/p-1. The van der Waals surface area contributed by atoms with Gasteiger partial charge in [-0.2, -0.15) is 0 Å². The Labute approximate surface area is 258 Å². The van der Waals surface area contributed by atoms with Gasteiger partial charge in [-0.15, -0.1) is 17.0 Å². The number of hydrogen-bond donors (Lipinski definition) is 1. The molecule has 0 saturated carbocycles. The number of hydrogen-bond acceptors (Lipinski definition) is 1. The van der Waals surface area contributed by atoms with Gasteiger partial charge in [0.15, 0.2) is 0 Å². The molecule has 0 aliphatic carbocycles. The van der Waals surface area contributed by atoms with Crippen molar-refractivity contribution >= 4 is 17.0 Å². The molecule has 0 bridgehead atoms. The summed E-state index contributed by atoms with van der Waals surface area (Å²) < 4.78 is 1.48. The molecule has 0 atom stereocenters. The van der Waals surface area contributed by atoms with Gasteiger partial charge in [0.1, 0.15) is 0 Å². The van der Waals surface area contributed by atoms with E-state index in [9.17, 15) is 0 Å². The highest BCUT2D eigenvalue weighted by Crippen LogP contribution is 2.20.